The molecule has 0 fully saturated rings. The van der Waals surface area contributed by atoms with E-state index < -0.39 is 6.04 Å². The zero-order valence-electron chi connectivity index (χ0n) is 11.3. The molecule has 0 saturated heterocycles. The number of aryl methyl sites for hydroxylation is 1. The zero-order valence-corrected chi connectivity index (χ0v) is 11.3. The Bertz CT molecular complexity index is 597. The molecule has 20 heavy (non-hydrogen) atoms. The SMILES string of the molecule is Cc1cc(NC(=O)C(N)Cc2ccccc2)ccc1O. The van der Waals surface area contributed by atoms with Crippen LogP contribution in [0.5, 0.6) is 5.75 Å². The van der Waals surface area contributed by atoms with Gasteiger partial charge >= 0.3 is 0 Å². The minimum absolute atomic E-state index is 0.205. The van der Waals surface area contributed by atoms with E-state index in [2.05, 4.69) is 5.32 Å². The maximum Gasteiger partial charge on any atom is 0.241 e. The Balaban J connectivity index is 1.99. The van der Waals surface area contributed by atoms with Crippen molar-refractivity contribution < 1.29 is 9.90 Å². The summed E-state index contributed by atoms with van der Waals surface area (Å²) in [6, 6.07) is 14.0. The van der Waals surface area contributed by atoms with E-state index >= 15 is 0 Å². The Morgan fingerprint density at radius 3 is 2.60 bits per heavy atom. The van der Waals surface area contributed by atoms with Crippen LogP contribution in [-0.2, 0) is 11.2 Å². The van der Waals surface area contributed by atoms with Crippen LogP contribution in [0.1, 0.15) is 11.1 Å². The molecule has 0 spiro atoms. The lowest BCUT2D eigenvalue weighted by Gasteiger charge is -2.13. The number of anilines is 1. The normalized spacial score (nSPS) is 11.9. The molecule has 2 aromatic rings. The van der Waals surface area contributed by atoms with Crippen molar-refractivity contribution in [3.63, 3.8) is 0 Å². The van der Waals surface area contributed by atoms with Gasteiger partial charge in [-0.1, -0.05) is 30.3 Å². The van der Waals surface area contributed by atoms with Crippen molar-refractivity contribution in [2.45, 2.75) is 19.4 Å². The summed E-state index contributed by atoms with van der Waals surface area (Å²) in [5, 5.41) is 12.2. The molecule has 1 amide bonds. The highest BCUT2D eigenvalue weighted by molar-refractivity contribution is 5.95. The summed E-state index contributed by atoms with van der Waals surface area (Å²) in [6.07, 6.45) is 0.490. The maximum absolute atomic E-state index is 12.0. The van der Waals surface area contributed by atoms with E-state index in [0.29, 0.717) is 17.7 Å². The van der Waals surface area contributed by atoms with Crippen LogP contribution in [0.2, 0.25) is 0 Å². The number of hydrogen-bond acceptors (Lipinski definition) is 3. The van der Waals surface area contributed by atoms with Gasteiger partial charge in [-0.3, -0.25) is 4.79 Å². The number of benzene rings is 2. The molecule has 0 radical (unpaired) electrons. The third kappa shape index (κ3) is 3.59. The van der Waals surface area contributed by atoms with E-state index in [-0.39, 0.29) is 11.7 Å². The fourth-order valence-corrected chi connectivity index (χ4v) is 1.93. The average Bonchev–Trinajstić information content (AvgIpc) is 2.44. The molecule has 4 N–H and O–H groups in total. The van der Waals surface area contributed by atoms with Gasteiger partial charge in [-0.15, -0.1) is 0 Å². The Morgan fingerprint density at radius 1 is 1.25 bits per heavy atom. The van der Waals surface area contributed by atoms with Gasteiger partial charge in [0.25, 0.3) is 0 Å². The molecule has 0 aliphatic carbocycles. The summed E-state index contributed by atoms with van der Waals surface area (Å²) in [6.45, 7) is 1.77. The number of hydrogen-bond donors (Lipinski definition) is 3. The van der Waals surface area contributed by atoms with Crippen LogP contribution in [0.25, 0.3) is 0 Å². The van der Waals surface area contributed by atoms with Gasteiger partial charge in [0.1, 0.15) is 5.75 Å². The fraction of sp³-hybridized carbons (Fsp3) is 0.188. The first-order chi connectivity index (χ1) is 9.56. The standard InChI is InChI=1S/C16H18N2O2/c1-11-9-13(7-8-15(11)19)18-16(20)14(17)10-12-5-3-2-4-6-12/h2-9,14,19H,10,17H2,1H3,(H,18,20). The molecule has 0 aliphatic heterocycles. The molecule has 0 aromatic heterocycles. The van der Waals surface area contributed by atoms with Gasteiger partial charge in [-0.2, -0.15) is 0 Å². The number of nitrogens with two attached hydrogens (primary N) is 1. The van der Waals surface area contributed by atoms with Gasteiger partial charge in [0.15, 0.2) is 0 Å². The van der Waals surface area contributed by atoms with Gasteiger partial charge in [-0.05, 0) is 42.7 Å². The van der Waals surface area contributed by atoms with Crippen LogP contribution in [0.15, 0.2) is 48.5 Å². The number of aromatic hydroxyl groups is 1. The van der Waals surface area contributed by atoms with Crippen LogP contribution >= 0.6 is 0 Å². The monoisotopic (exact) mass is 270 g/mol. The second-order valence-electron chi connectivity index (χ2n) is 4.79. The van der Waals surface area contributed by atoms with Crippen LogP contribution in [0.4, 0.5) is 5.69 Å². The van der Waals surface area contributed by atoms with Crippen molar-refractivity contribution in [1.29, 1.82) is 0 Å². The van der Waals surface area contributed by atoms with Gasteiger partial charge in [-0.25, -0.2) is 0 Å². The van der Waals surface area contributed by atoms with Gasteiger partial charge in [0.2, 0.25) is 5.91 Å². The molecule has 0 aliphatic rings. The lowest BCUT2D eigenvalue weighted by Crippen LogP contribution is -2.37. The number of carbonyl (C=O) groups excluding carboxylic acids is 1. The highest BCUT2D eigenvalue weighted by Gasteiger charge is 2.14. The molecule has 4 heteroatoms. The van der Waals surface area contributed by atoms with Gasteiger partial charge in [0.05, 0.1) is 6.04 Å². The summed E-state index contributed by atoms with van der Waals surface area (Å²) in [4.78, 5) is 12.0. The lowest BCUT2D eigenvalue weighted by molar-refractivity contribution is -0.117. The van der Waals surface area contributed by atoms with Crippen molar-refractivity contribution in [3.8, 4) is 5.75 Å². The number of rotatable bonds is 4. The second kappa shape index (κ2) is 6.21. The Kier molecular flexibility index (Phi) is 4.38. The highest BCUT2D eigenvalue weighted by atomic mass is 16.3. The molecule has 4 nitrogen and oxygen atoms in total. The first-order valence-corrected chi connectivity index (χ1v) is 6.46. The Hall–Kier alpha value is -2.33. The van der Waals surface area contributed by atoms with Crippen LogP contribution in [0, 0.1) is 6.92 Å². The van der Waals surface area contributed by atoms with Gasteiger partial charge < -0.3 is 16.2 Å². The van der Waals surface area contributed by atoms with E-state index in [9.17, 15) is 9.90 Å². The molecule has 1 atom stereocenters. The van der Waals surface area contributed by atoms with Crippen molar-refractivity contribution in [3.05, 3.63) is 59.7 Å². The largest absolute Gasteiger partial charge is 0.508 e. The molecule has 1 unspecified atom stereocenters. The van der Waals surface area contributed by atoms with Crippen LogP contribution in [-0.4, -0.2) is 17.1 Å². The third-order valence-electron chi connectivity index (χ3n) is 3.10. The summed E-state index contributed by atoms with van der Waals surface area (Å²) in [5.41, 5.74) is 8.27. The van der Waals surface area contributed by atoms with Gasteiger partial charge in [0, 0.05) is 5.69 Å². The number of phenols is 1. The number of carbonyl (C=O) groups is 1. The Labute approximate surface area is 118 Å². The quantitative estimate of drug-likeness (QED) is 0.746. The smallest absolute Gasteiger partial charge is 0.241 e. The van der Waals surface area contributed by atoms with E-state index in [1.54, 1.807) is 25.1 Å². The molecule has 0 saturated carbocycles. The second-order valence-corrected chi connectivity index (χ2v) is 4.79. The van der Waals surface area contributed by atoms with Crippen molar-refractivity contribution in [1.82, 2.24) is 0 Å². The number of phenolic OH excluding ortho intramolecular Hbond substituents is 1. The topological polar surface area (TPSA) is 75.4 Å². The minimum Gasteiger partial charge on any atom is -0.508 e. The summed E-state index contributed by atoms with van der Waals surface area (Å²) < 4.78 is 0. The number of amides is 1. The van der Waals surface area contributed by atoms with Crippen LogP contribution in [0.3, 0.4) is 0 Å². The molecular formula is C16H18N2O2. The zero-order chi connectivity index (χ0) is 14.5. The summed E-state index contributed by atoms with van der Waals surface area (Å²) in [5.74, 6) is -0.0319. The fourth-order valence-electron chi connectivity index (χ4n) is 1.93. The molecule has 0 heterocycles. The first-order valence-electron chi connectivity index (χ1n) is 6.46. The van der Waals surface area contributed by atoms with Crippen molar-refractivity contribution in [2.75, 3.05) is 5.32 Å². The summed E-state index contributed by atoms with van der Waals surface area (Å²) in [7, 11) is 0. The number of nitrogens with one attached hydrogen (secondary N) is 1. The molecule has 0 bridgehead atoms. The van der Waals surface area contributed by atoms with E-state index in [4.69, 9.17) is 5.73 Å². The lowest BCUT2D eigenvalue weighted by atomic mass is 10.1. The van der Waals surface area contributed by atoms with E-state index in [0.717, 1.165) is 5.56 Å². The van der Waals surface area contributed by atoms with Crippen LogP contribution < -0.4 is 11.1 Å². The van der Waals surface area contributed by atoms with E-state index in [1.807, 2.05) is 30.3 Å². The maximum atomic E-state index is 12.0. The Morgan fingerprint density at radius 2 is 1.95 bits per heavy atom. The minimum atomic E-state index is -0.605. The van der Waals surface area contributed by atoms with E-state index in [1.165, 1.54) is 0 Å². The molecule has 104 valence electrons. The molecular weight excluding hydrogens is 252 g/mol. The average molecular weight is 270 g/mol. The molecule has 2 rings (SSSR count). The third-order valence-corrected chi connectivity index (χ3v) is 3.10. The van der Waals surface area contributed by atoms with Crippen molar-refractivity contribution >= 4 is 11.6 Å². The highest BCUT2D eigenvalue weighted by Crippen LogP contribution is 2.20. The predicted molar refractivity (Wildman–Crippen MR) is 79.6 cm³/mol. The summed E-state index contributed by atoms with van der Waals surface area (Å²) >= 11 is 0. The first kappa shape index (κ1) is 14.1. The van der Waals surface area contributed by atoms with Crippen molar-refractivity contribution in [2.24, 2.45) is 5.73 Å². The predicted octanol–water partition coefficient (Wildman–Crippen LogP) is 2.21. The molecule has 2 aromatic carbocycles.